The molecule has 0 saturated heterocycles. The van der Waals surface area contributed by atoms with Gasteiger partial charge in [-0.15, -0.1) is 0 Å². The Bertz CT molecular complexity index is 402. The van der Waals surface area contributed by atoms with Crippen molar-refractivity contribution in [2.75, 3.05) is 6.54 Å². The molecule has 0 aliphatic heterocycles. The predicted molar refractivity (Wildman–Crippen MR) is 64.4 cm³/mol. The van der Waals surface area contributed by atoms with E-state index in [1.807, 2.05) is 20.8 Å². The quantitative estimate of drug-likeness (QED) is 0.908. The first-order valence-corrected chi connectivity index (χ1v) is 5.91. The van der Waals surface area contributed by atoms with Crippen LogP contribution in [0.1, 0.15) is 45.0 Å². The van der Waals surface area contributed by atoms with Gasteiger partial charge in [-0.05, 0) is 6.54 Å². The number of nitrogens with zero attached hydrogens (tertiary/aromatic N) is 2. The lowest BCUT2D eigenvalue weighted by atomic mass is 9.87. The van der Waals surface area contributed by atoms with Gasteiger partial charge in [-0.1, -0.05) is 27.7 Å². The maximum absolute atomic E-state index is 13.1. The Morgan fingerprint density at radius 3 is 2.28 bits per heavy atom. The predicted octanol–water partition coefficient (Wildman–Crippen LogP) is 2.93. The van der Waals surface area contributed by atoms with Gasteiger partial charge in [0.25, 0.3) is 0 Å². The molecule has 18 heavy (non-hydrogen) atoms. The Morgan fingerprint density at radius 1 is 1.33 bits per heavy atom. The summed E-state index contributed by atoms with van der Waals surface area (Å²) < 4.78 is 40.6. The Labute approximate surface area is 105 Å². The summed E-state index contributed by atoms with van der Waals surface area (Å²) in [7, 11) is 1.64. The summed E-state index contributed by atoms with van der Waals surface area (Å²) in [4.78, 5) is 0. The molecule has 1 aromatic rings. The normalized spacial score (nSPS) is 14.9. The smallest absolute Gasteiger partial charge is 0.303 e. The van der Waals surface area contributed by atoms with Crippen LogP contribution in [0.25, 0.3) is 0 Å². The number of aromatic nitrogens is 2. The molecular weight excluding hydrogens is 243 g/mol. The van der Waals surface area contributed by atoms with Crippen LogP contribution in [0.2, 0.25) is 0 Å². The first-order chi connectivity index (χ1) is 8.07. The molecule has 104 valence electrons. The van der Waals surface area contributed by atoms with Crippen molar-refractivity contribution in [3.63, 3.8) is 0 Å². The van der Waals surface area contributed by atoms with Gasteiger partial charge in [0.05, 0.1) is 5.69 Å². The van der Waals surface area contributed by atoms with Crippen LogP contribution in [-0.4, -0.2) is 22.5 Å². The van der Waals surface area contributed by atoms with Crippen LogP contribution in [0, 0.1) is 0 Å². The lowest BCUT2D eigenvalue weighted by molar-refractivity contribution is -0.157. The van der Waals surface area contributed by atoms with Gasteiger partial charge in [0, 0.05) is 24.2 Å². The molecule has 1 rings (SSSR count). The number of hydrogen-bond acceptors (Lipinski definition) is 2. The van der Waals surface area contributed by atoms with Crippen LogP contribution < -0.4 is 5.32 Å². The van der Waals surface area contributed by atoms with Crippen molar-refractivity contribution in [3.8, 4) is 0 Å². The van der Waals surface area contributed by atoms with E-state index in [9.17, 15) is 13.2 Å². The molecule has 1 unspecified atom stereocenters. The zero-order chi connectivity index (χ0) is 14.1. The highest BCUT2D eigenvalue weighted by molar-refractivity contribution is 5.28. The molecule has 0 spiro atoms. The summed E-state index contributed by atoms with van der Waals surface area (Å²) in [6.07, 6.45) is -2.87. The van der Waals surface area contributed by atoms with E-state index in [1.54, 1.807) is 14.0 Å². The molecule has 3 nitrogen and oxygen atoms in total. The third-order valence-electron chi connectivity index (χ3n) is 2.61. The Kier molecular flexibility index (Phi) is 4.10. The van der Waals surface area contributed by atoms with Crippen LogP contribution in [0.4, 0.5) is 13.2 Å². The minimum Gasteiger partial charge on any atom is -0.303 e. The number of halogens is 3. The summed E-state index contributed by atoms with van der Waals surface area (Å²) in [6, 6.07) is -1.66. The average molecular weight is 263 g/mol. The Balaban J connectivity index is 3.28. The maximum atomic E-state index is 13.1. The fraction of sp³-hybridized carbons (Fsp3) is 0.750. The third kappa shape index (κ3) is 3.25. The minimum absolute atomic E-state index is 0.208. The SMILES string of the molecule is CCNC(c1cn(C)nc1C(C)(C)C)C(F)(F)F. The van der Waals surface area contributed by atoms with Gasteiger partial charge >= 0.3 is 6.18 Å². The highest BCUT2D eigenvalue weighted by Gasteiger charge is 2.43. The number of hydrogen-bond donors (Lipinski definition) is 1. The van der Waals surface area contributed by atoms with E-state index >= 15 is 0 Å². The molecule has 1 heterocycles. The monoisotopic (exact) mass is 263 g/mol. The van der Waals surface area contributed by atoms with Crippen molar-refractivity contribution < 1.29 is 13.2 Å². The van der Waals surface area contributed by atoms with Gasteiger partial charge in [-0.3, -0.25) is 4.68 Å². The number of nitrogens with one attached hydrogen (secondary N) is 1. The van der Waals surface area contributed by atoms with E-state index < -0.39 is 17.6 Å². The molecule has 0 radical (unpaired) electrons. The molecule has 0 amide bonds. The molecule has 0 aliphatic carbocycles. The summed E-state index contributed by atoms with van der Waals surface area (Å²) in [5, 5.41) is 6.66. The molecule has 0 aliphatic rings. The minimum atomic E-state index is -4.32. The van der Waals surface area contributed by atoms with Crippen LogP contribution in [0.15, 0.2) is 6.20 Å². The Hall–Kier alpha value is -1.04. The first-order valence-electron chi connectivity index (χ1n) is 5.91. The van der Waals surface area contributed by atoms with E-state index in [2.05, 4.69) is 10.4 Å². The number of rotatable bonds is 3. The molecule has 1 aromatic heterocycles. The second-order valence-electron chi connectivity index (χ2n) is 5.39. The van der Waals surface area contributed by atoms with E-state index in [1.165, 1.54) is 10.9 Å². The zero-order valence-electron chi connectivity index (χ0n) is 11.4. The van der Waals surface area contributed by atoms with Crippen molar-refractivity contribution in [1.29, 1.82) is 0 Å². The van der Waals surface area contributed by atoms with Gasteiger partial charge in [0.1, 0.15) is 6.04 Å². The van der Waals surface area contributed by atoms with Gasteiger partial charge in [-0.25, -0.2) is 0 Å². The lowest BCUT2D eigenvalue weighted by Crippen LogP contribution is -2.35. The van der Waals surface area contributed by atoms with Crippen LogP contribution in [0.3, 0.4) is 0 Å². The molecule has 6 heteroatoms. The summed E-state index contributed by atoms with van der Waals surface area (Å²) in [6.45, 7) is 7.49. The van der Waals surface area contributed by atoms with Crippen LogP contribution in [0.5, 0.6) is 0 Å². The second kappa shape index (κ2) is 4.91. The highest BCUT2D eigenvalue weighted by Crippen LogP contribution is 2.37. The molecular formula is C12H20F3N3. The second-order valence-corrected chi connectivity index (χ2v) is 5.39. The molecule has 0 fully saturated rings. The summed E-state index contributed by atoms with van der Waals surface area (Å²) >= 11 is 0. The first kappa shape index (κ1) is 15.0. The molecule has 0 aromatic carbocycles. The van der Waals surface area contributed by atoms with Crippen molar-refractivity contribution in [2.45, 2.75) is 45.3 Å². The molecule has 1 N–H and O–H groups in total. The van der Waals surface area contributed by atoms with Gasteiger partial charge in [0.15, 0.2) is 0 Å². The Morgan fingerprint density at radius 2 is 1.89 bits per heavy atom. The number of aryl methyl sites for hydroxylation is 1. The molecule has 1 atom stereocenters. The third-order valence-corrected chi connectivity index (χ3v) is 2.61. The fourth-order valence-electron chi connectivity index (χ4n) is 1.91. The van der Waals surface area contributed by atoms with Crippen molar-refractivity contribution >= 4 is 0 Å². The maximum Gasteiger partial charge on any atom is 0.408 e. The van der Waals surface area contributed by atoms with Crippen molar-refractivity contribution in [3.05, 3.63) is 17.5 Å². The van der Waals surface area contributed by atoms with E-state index in [0.717, 1.165) is 0 Å². The van der Waals surface area contributed by atoms with Crippen LogP contribution in [-0.2, 0) is 12.5 Å². The number of alkyl halides is 3. The van der Waals surface area contributed by atoms with Gasteiger partial charge in [-0.2, -0.15) is 18.3 Å². The lowest BCUT2D eigenvalue weighted by Gasteiger charge is -2.25. The summed E-state index contributed by atoms with van der Waals surface area (Å²) in [5.74, 6) is 0. The summed E-state index contributed by atoms with van der Waals surface area (Å²) in [5.41, 5.74) is 0.266. The molecule has 0 bridgehead atoms. The highest BCUT2D eigenvalue weighted by atomic mass is 19.4. The van der Waals surface area contributed by atoms with Crippen LogP contribution >= 0.6 is 0 Å². The largest absolute Gasteiger partial charge is 0.408 e. The topological polar surface area (TPSA) is 29.9 Å². The van der Waals surface area contributed by atoms with E-state index in [-0.39, 0.29) is 12.1 Å². The van der Waals surface area contributed by atoms with E-state index in [0.29, 0.717) is 5.69 Å². The molecule has 0 saturated carbocycles. The fourth-order valence-corrected chi connectivity index (χ4v) is 1.91. The van der Waals surface area contributed by atoms with Gasteiger partial charge < -0.3 is 5.32 Å². The van der Waals surface area contributed by atoms with Crippen molar-refractivity contribution in [2.24, 2.45) is 7.05 Å². The average Bonchev–Trinajstić information content (AvgIpc) is 2.54. The standard InChI is InChI=1S/C12H20F3N3/c1-6-16-10(12(13,14)15)8-7-18(5)17-9(8)11(2,3)4/h7,10,16H,6H2,1-5H3. The van der Waals surface area contributed by atoms with E-state index in [4.69, 9.17) is 0 Å². The zero-order valence-corrected chi connectivity index (χ0v) is 11.4. The van der Waals surface area contributed by atoms with Crippen molar-refractivity contribution in [1.82, 2.24) is 15.1 Å². The van der Waals surface area contributed by atoms with Gasteiger partial charge in [0.2, 0.25) is 0 Å².